The van der Waals surface area contributed by atoms with E-state index < -0.39 is 0 Å². The van der Waals surface area contributed by atoms with Crippen molar-refractivity contribution in [1.29, 1.82) is 0 Å². The molecule has 0 spiro atoms. The zero-order valence-corrected chi connectivity index (χ0v) is 11.7. The van der Waals surface area contributed by atoms with Gasteiger partial charge < -0.3 is 4.90 Å². The van der Waals surface area contributed by atoms with Crippen LogP contribution in [0.15, 0.2) is 34.9 Å². The predicted molar refractivity (Wildman–Crippen MR) is 74.2 cm³/mol. The highest BCUT2D eigenvalue weighted by atomic mass is 79.9. The van der Waals surface area contributed by atoms with Gasteiger partial charge in [-0.25, -0.2) is 9.97 Å². The van der Waals surface area contributed by atoms with Gasteiger partial charge in [0.25, 0.3) is 0 Å². The monoisotopic (exact) mass is 291 g/mol. The van der Waals surface area contributed by atoms with Crippen LogP contribution in [0.2, 0.25) is 0 Å². The molecule has 2 aromatic rings. The number of benzene rings is 1. The first-order valence-electron chi connectivity index (χ1n) is 5.35. The lowest BCUT2D eigenvalue weighted by Crippen LogP contribution is -2.07. The first kappa shape index (κ1) is 12.0. The standard InChI is InChI=1S/C13H14BrN3/c1-9-15-12(8-13(14)16-9)10-4-6-11(7-5-10)17(2)3/h4-8H,1-3H3. The normalized spacial score (nSPS) is 10.4. The third kappa shape index (κ3) is 2.82. The molecule has 0 bridgehead atoms. The molecule has 0 aliphatic heterocycles. The zero-order valence-electron chi connectivity index (χ0n) is 10.1. The van der Waals surface area contributed by atoms with Crippen LogP contribution in [-0.2, 0) is 0 Å². The Morgan fingerprint density at radius 2 is 1.71 bits per heavy atom. The topological polar surface area (TPSA) is 29.0 Å². The molecule has 88 valence electrons. The van der Waals surface area contributed by atoms with Gasteiger partial charge in [-0.05, 0) is 41.1 Å². The third-order valence-corrected chi connectivity index (χ3v) is 2.89. The summed E-state index contributed by atoms with van der Waals surface area (Å²) in [6, 6.07) is 10.2. The Balaban J connectivity index is 2.39. The average Bonchev–Trinajstić information content (AvgIpc) is 2.28. The Bertz CT molecular complexity index is 500. The van der Waals surface area contributed by atoms with E-state index in [1.54, 1.807) is 0 Å². The van der Waals surface area contributed by atoms with Crippen molar-refractivity contribution >= 4 is 21.6 Å². The highest BCUT2D eigenvalue weighted by Gasteiger charge is 2.03. The van der Waals surface area contributed by atoms with Gasteiger partial charge in [-0.3, -0.25) is 0 Å². The van der Waals surface area contributed by atoms with Crippen molar-refractivity contribution in [3.8, 4) is 11.3 Å². The summed E-state index contributed by atoms with van der Waals surface area (Å²) in [7, 11) is 4.06. The van der Waals surface area contributed by atoms with Crippen molar-refractivity contribution < 1.29 is 0 Å². The van der Waals surface area contributed by atoms with Crippen molar-refractivity contribution in [2.45, 2.75) is 6.92 Å². The first-order chi connectivity index (χ1) is 8.06. The average molecular weight is 292 g/mol. The Hall–Kier alpha value is -1.42. The van der Waals surface area contributed by atoms with Crippen LogP contribution in [0.5, 0.6) is 0 Å². The van der Waals surface area contributed by atoms with E-state index in [-0.39, 0.29) is 0 Å². The maximum absolute atomic E-state index is 4.42. The van der Waals surface area contributed by atoms with Gasteiger partial charge in [-0.2, -0.15) is 0 Å². The van der Waals surface area contributed by atoms with Crippen LogP contribution in [0, 0.1) is 6.92 Å². The highest BCUT2D eigenvalue weighted by molar-refractivity contribution is 9.10. The van der Waals surface area contributed by atoms with Crippen LogP contribution in [0.3, 0.4) is 0 Å². The third-order valence-electron chi connectivity index (χ3n) is 2.49. The van der Waals surface area contributed by atoms with Crippen molar-refractivity contribution in [1.82, 2.24) is 9.97 Å². The molecule has 0 N–H and O–H groups in total. The molecule has 0 amide bonds. The fourth-order valence-electron chi connectivity index (χ4n) is 1.61. The Morgan fingerprint density at radius 1 is 1.06 bits per heavy atom. The molecule has 0 radical (unpaired) electrons. The molecule has 0 saturated heterocycles. The van der Waals surface area contributed by atoms with Crippen molar-refractivity contribution in [2.24, 2.45) is 0 Å². The molecule has 0 unspecified atom stereocenters. The molecule has 0 aliphatic carbocycles. The first-order valence-corrected chi connectivity index (χ1v) is 6.14. The van der Waals surface area contributed by atoms with Gasteiger partial charge in [0.05, 0.1) is 5.69 Å². The number of hydrogen-bond donors (Lipinski definition) is 0. The van der Waals surface area contributed by atoms with E-state index in [9.17, 15) is 0 Å². The second-order valence-electron chi connectivity index (χ2n) is 4.06. The lowest BCUT2D eigenvalue weighted by Gasteiger charge is -2.12. The summed E-state index contributed by atoms with van der Waals surface area (Å²) in [5, 5.41) is 0. The van der Waals surface area contributed by atoms with Crippen molar-refractivity contribution in [3.05, 3.63) is 40.8 Å². The maximum atomic E-state index is 4.42. The Morgan fingerprint density at radius 3 is 2.24 bits per heavy atom. The summed E-state index contributed by atoms with van der Waals surface area (Å²) >= 11 is 3.39. The minimum absolute atomic E-state index is 0.770. The number of halogens is 1. The summed E-state index contributed by atoms with van der Waals surface area (Å²) in [6.45, 7) is 1.89. The quantitative estimate of drug-likeness (QED) is 0.795. The Kier molecular flexibility index (Phi) is 3.43. The summed E-state index contributed by atoms with van der Waals surface area (Å²) < 4.78 is 0.816. The van der Waals surface area contributed by atoms with Gasteiger partial charge in [-0.15, -0.1) is 0 Å². The number of anilines is 1. The van der Waals surface area contributed by atoms with Gasteiger partial charge in [-0.1, -0.05) is 12.1 Å². The molecule has 1 aromatic heterocycles. The minimum atomic E-state index is 0.770. The lowest BCUT2D eigenvalue weighted by molar-refractivity contribution is 1.04. The number of aryl methyl sites for hydroxylation is 1. The van der Waals surface area contributed by atoms with Gasteiger partial charge in [0, 0.05) is 25.3 Å². The number of nitrogens with zero attached hydrogens (tertiary/aromatic N) is 3. The predicted octanol–water partition coefficient (Wildman–Crippen LogP) is 3.28. The van der Waals surface area contributed by atoms with E-state index in [2.05, 4.69) is 55.1 Å². The van der Waals surface area contributed by atoms with Crippen molar-refractivity contribution in [3.63, 3.8) is 0 Å². The largest absolute Gasteiger partial charge is 0.378 e. The number of hydrogen-bond acceptors (Lipinski definition) is 3. The van der Waals surface area contributed by atoms with Gasteiger partial charge in [0.1, 0.15) is 10.4 Å². The van der Waals surface area contributed by atoms with Gasteiger partial charge in [0.2, 0.25) is 0 Å². The molecule has 4 heteroatoms. The molecular weight excluding hydrogens is 278 g/mol. The number of rotatable bonds is 2. The molecule has 0 atom stereocenters. The highest BCUT2D eigenvalue weighted by Crippen LogP contribution is 2.22. The summed E-state index contributed by atoms with van der Waals surface area (Å²) in [4.78, 5) is 10.7. The maximum Gasteiger partial charge on any atom is 0.127 e. The van der Waals surface area contributed by atoms with E-state index in [0.29, 0.717) is 0 Å². The Labute approximate surface area is 110 Å². The SMILES string of the molecule is Cc1nc(Br)cc(-c2ccc(N(C)C)cc2)n1. The molecule has 1 aromatic carbocycles. The summed E-state index contributed by atoms with van der Waals surface area (Å²) in [5.74, 6) is 0.770. The zero-order chi connectivity index (χ0) is 12.4. The van der Waals surface area contributed by atoms with E-state index >= 15 is 0 Å². The van der Waals surface area contributed by atoms with Gasteiger partial charge in [0.15, 0.2) is 0 Å². The fourth-order valence-corrected chi connectivity index (χ4v) is 2.08. The lowest BCUT2D eigenvalue weighted by atomic mass is 10.1. The molecule has 1 heterocycles. The summed E-state index contributed by atoms with van der Waals surface area (Å²) in [6.07, 6.45) is 0. The molecular formula is C13H14BrN3. The van der Waals surface area contributed by atoms with Crippen molar-refractivity contribution in [2.75, 3.05) is 19.0 Å². The molecule has 17 heavy (non-hydrogen) atoms. The molecule has 0 aliphatic rings. The van der Waals surface area contributed by atoms with Crippen LogP contribution in [0.4, 0.5) is 5.69 Å². The van der Waals surface area contributed by atoms with E-state index in [1.165, 1.54) is 5.69 Å². The molecule has 0 saturated carbocycles. The molecule has 3 nitrogen and oxygen atoms in total. The van der Waals surface area contributed by atoms with E-state index in [0.717, 1.165) is 21.7 Å². The number of aromatic nitrogens is 2. The fraction of sp³-hybridized carbons (Fsp3) is 0.231. The minimum Gasteiger partial charge on any atom is -0.378 e. The van der Waals surface area contributed by atoms with Crippen LogP contribution >= 0.6 is 15.9 Å². The van der Waals surface area contributed by atoms with Crippen LogP contribution in [-0.4, -0.2) is 24.1 Å². The molecule has 0 fully saturated rings. The van der Waals surface area contributed by atoms with E-state index in [4.69, 9.17) is 0 Å². The summed E-state index contributed by atoms with van der Waals surface area (Å²) in [5.41, 5.74) is 3.22. The second kappa shape index (κ2) is 4.84. The molecule has 2 rings (SSSR count). The smallest absolute Gasteiger partial charge is 0.127 e. The van der Waals surface area contributed by atoms with Crippen LogP contribution in [0.1, 0.15) is 5.82 Å². The van der Waals surface area contributed by atoms with E-state index in [1.807, 2.05) is 27.1 Å². The second-order valence-corrected chi connectivity index (χ2v) is 4.88. The van der Waals surface area contributed by atoms with Gasteiger partial charge >= 0.3 is 0 Å². The van der Waals surface area contributed by atoms with Crippen LogP contribution in [0.25, 0.3) is 11.3 Å². The van der Waals surface area contributed by atoms with Crippen LogP contribution < -0.4 is 4.90 Å².